The lowest BCUT2D eigenvalue weighted by molar-refractivity contribution is -0.117. The molecule has 0 aliphatic heterocycles. The molecular weight excluding hydrogens is 243 g/mol. The molecule has 0 saturated heterocycles. The molecule has 3 heteroatoms. The molecule has 0 amide bonds. The Hall–Kier alpha value is -0.100. The average molecular weight is 268 g/mol. The van der Waals surface area contributed by atoms with Crippen molar-refractivity contribution >= 4 is 12.9 Å². The van der Waals surface area contributed by atoms with Gasteiger partial charge in [0.15, 0.2) is 0 Å². The predicted octanol–water partition coefficient (Wildman–Crippen LogP) is 4.36. The second-order valence-electron chi connectivity index (χ2n) is 6.58. The molecule has 3 rings (SSSR count). The molecule has 0 N–H and O–H groups in total. The molecule has 0 radical (unpaired) electrons. The molecule has 3 fully saturated rings. The fourth-order valence-corrected chi connectivity index (χ4v) is 9.80. The summed E-state index contributed by atoms with van der Waals surface area (Å²) in [6, 6.07) is 0. The molecule has 0 spiro atoms. The molecule has 1 unspecified atom stereocenters. The average Bonchev–Trinajstić information content (AvgIpc) is 3.11. The van der Waals surface area contributed by atoms with Crippen molar-refractivity contribution in [3.05, 3.63) is 0 Å². The van der Waals surface area contributed by atoms with Gasteiger partial charge in [-0.2, -0.15) is 0 Å². The Bertz CT molecular complexity index is 345. The number of carbonyl (C=O) groups excluding carboxylic acids is 1. The summed E-state index contributed by atoms with van der Waals surface area (Å²) >= 11 is 0. The van der Waals surface area contributed by atoms with Gasteiger partial charge in [-0.05, 0) is 32.1 Å². The van der Waals surface area contributed by atoms with E-state index in [0.717, 1.165) is 6.42 Å². The number of rotatable bonds is 3. The molecule has 0 aromatic rings. The van der Waals surface area contributed by atoms with Crippen LogP contribution in [0.3, 0.4) is 0 Å². The molecule has 0 aromatic heterocycles. The lowest BCUT2D eigenvalue weighted by Crippen LogP contribution is -2.23. The summed E-state index contributed by atoms with van der Waals surface area (Å²) in [7, 11) is -2.12. The summed E-state index contributed by atoms with van der Waals surface area (Å²) in [4.78, 5) is 11.6. The fraction of sp³-hybridized carbons (Fsp3) is 0.933. The van der Waals surface area contributed by atoms with Gasteiger partial charge >= 0.3 is 0 Å². The lowest BCUT2D eigenvalue weighted by Gasteiger charge is -2.34. The Balaban J connectivity index is 1.86. The summed E-state index contributed by atoms with van der Waals surface area (Å²) in [5, 5.41) is 0. The van der Waals surface area contributed by atoms with Gasteiger partial charge in [0.1, 0.15) is 5.78 Å². The van der Waals surface area contributed by atoms with Crippen LogP contribution in [0.2, 0.25) is 0 Å². The summed E-state index contributed by atoms with van der Waals surface area (Å²) < 4.78 is 13.8. The summed E-state index contributed by atoms with van der Waals surface area (Å²) in [6.07, 6.45) is 12.1. The van der Waals surface area contributed by atoms with E-state index in [2.05, 4.69) is 0 Å². The van der Waals surface area contributed by atoms with E-state index < -0.39 is 7.14 Å². The minimum absolute atomic E-state index is 0.274. The van der Waals surface area contributed by atoms with Crippen LogP contribution in [0.4, 0.5) is 0 Å². The van der Waals surface area contributed by atoms with Crippen molar-refractivity contribution in [2.75, 3.05) is 0 Å². The normalized spacial score (nSPS) is 31.6. The lowest BCUT2D eigenvalue weighted by atomic mass is 10.3. The van der Waals surface area contributed by atoms with E-state index in [1.165, 1.54) is 51.4 Å². The molecule has 1 atom stereocenters. The Kier molecular flexibility index (Phi) is 3.67. The molecule has 3 saturated carbocycles. The maximum Gasteiger partial charge on any atom is 0.133 e. The molecule has 3 aliphatic carbocycles. The van der Waals surface area contributed by atoms with Gasteiger partial charge < -0.3 is 4.57 Å². The zero-order valence-corrected chi connectivity index (χ0v) is 12.2. The van der Waals surface area contributed by atoms with Crippen LogP contribution in [0.25, 0.3) is 0 Å². The standard InChI is InChI=1S/C15H25O2P/c16-12-9-10-15(11-12)18(17,13-5-1-2-6-13)14-7-3-4-8-14/h13-15H,1-11H2. The van der Waals surface area contributed by atoms with Gasteiger partial charge in [-0.25, -0.2) is 0 Å². The molecule has 3 aliphatic rings. The van der Waals surface area contributed by atoms with Crippen molar-refractivity contribution in [2.45, 2.75) is 87.6 Å². The van der Waals surface area contributed by atoms with Crippen LogP contribution >= 0.6 is 7.14 Å². The number of hydrogen-bond donors (Lipinski definition) is 0. The van der Waals surface area contributed by atoms with E-state index in [9.17, 15) is 9.36 Å². The topological polar surface area (TPSA) is 34.1 Å². The van der Waals surface area contributed by atoms with Gasteiger partial charge in [0, 0.05) is 29.8 Å². The van der Waals surface area contributed by atoms with Crippen LogP contribution in [0.1, 0.15) is 70.6 Å². The molecule has 0 aromatic carbocycles. The van der Waals surface area contributed by atoms with Crippen LogP contribution in [0.5, 0.6) is 0 Å². The van der Waals surface area contributed by atoms with Crippen molar-refractivity contribution in [1.29, 1.82) is 0 Å². The molecule has 0 bridgehead atoms. The first-order valence-corrected chi connectivity index (χ1v) is 9.73. The first kappa shape index (κ1) is 12.9. The molecule has 0 heterocycles. The Morgan fingerprint density at radius 3 is 1.67 bits per heavy atom. The SMILES string of the molecule is O=C1CCC(P(=O)(C2CCCC2)C2CCCC2)C1. The Morgan fingerprint density at radius 1 is 0.778 bits per heavy atom. The number of carbonyl (C=O) groups is 1. The van der Waals surface area contributed by atoms with Crippen molar-refractivity contribution < 1.29 is 9.36 Å². The third-order valence-electron chi connectivity index (χ3n) is 5.58. The quantitative estimate of drug-likeness (QED) is 0.713. The summed E-state index contributed by atoms with van der Waals surface area (Å²) in [5.74, 6) is 0.371. The van der Waals surface area contributed by atoms with Crippen molar-refractivity contribution in [1.82, 2.24) is 0 Å². The van der Waals surface area contributed by atoms with Gasteiger partial charge in [0.2, 0.25) is 0 Å². The Morgan fingerprint density at radius 2 is 1.28 bits per heavy atom. The third kappa shape index (κ3) is 2.11. The number of ketones is 1. The molecule has 102 valence electrons. The fourth-order valence-electron chi connectivity index (χ4n) is 4.65. The summed E-state index contributed by atoms with van der Waals surface area (Å²) in [6.45, 7) is 0. The van der Waals surface area contributed by atoms with Crippen LogP contribution in [0, 0.1) is 0 Å². The van der Waals surface area contributed by atoms with E-state index in [1.807, 2.05) is 0 Å². The van der Waals surface area contributed by atoms with Crippen molar-refractivity contribution in [2.24, 2.45) is 0 Å². The van der Waals surface area contributed by atoms with Crippen LogP contribution in [0.15, 0.2) is 0 Å². The molecule has 18 heavy (non-hydrogen) atoms. The molecular formula is C15H25O2P. The first-order chi connectivity index (χ1) is 8.71. The highest BCUT2D eigenvalue weighted by Gasteiger charge is 2.49. The monoisotopic (exact) mass is 268 g/mol. The van der Waals surface area contributed by atoms with Gasteiger partial charge in [-0.1, -0.05) is 25.7 Å². The Labute approximate surface area is 110 Å². The van der Waals surface area contributed by atoms with E-state index in [-0.39, 0.29) is 5.66 Å². The molecule has 2 nitrogen and oxygen atoms in total. The minimum atomic E-state index is -2.12. The van der Waals surface area contributed by atoms with Gasteiger partial charge in [-0.15, -0.1) is 0 Å². The van der Waals surface area contributed by atoms with Crippen molar-refractivity contribution in [3.8, 4) is 0 Å². The number of hydrogen-bond acceptors (Lipinski definition) is 2. The maximum atomic E-state index is 13.8. The predicted molar refractivity (Wildman–Crippen MR) is 74.8 cm³/mol. The zero-order valence-electron chi connectivity index (χ0n) is 11.3. The second-order valence-corrected chi connectivity index (χ2v) is 10.3. The zero-order chi connectivity index (χ0) is 12.6. The van der Waals surface area contributed by atoms with Gasteiger partial charge in [-0.3, -0.25) is 4.79 Å². The second kappa shape index (κ2) is 5.12. The van der Waals surface area contributed by atoms with E-state index in [4.69, 9.17) is 0 Å². The summed E-state index contributed by atoms with van der Waals surface area (Å²) in [5.41, 5.74) is 1.24. The largest absolute Gasteiger partial charge is 0.323 e. The van der Waals surface area contributed by atoms with Gasteiger partial charge in [0.05, 0.1) is 7.14 Å². The smallest absolute Gasteiger partial charge is 0.133 e. The third-order valence-corrected chi connectivity index (χ3v) is 10.5. The highest BCUT2D eigenvalue weighted by atomic mass is 31.2. The van der Waals surface area contributed by atoms with E-state index in [1.54, 1.807) is 0 Å². The van der Waals surface area contributed by atoms with E-state index >= 15 is 0 Å². The number of Topliss-reactive ketones (excluding diaryl/α,β-unsaturated/α-hetero) is 1. The highest BCUT2D eigenvalue weighted by Crippen LogP contribution is 2.69. The van der Waals surface area contributed by atoms with E-state index in [0.29, 0.717) is 29.9 Å². The highest BCUT2D eigenvalue weighted by molar-refractivity contribution is 7.66. The van der Waals surface area contributed by atoms with Crippen LogP contribution in [-0.2, 0) is 9.36 Å². The minimum Gasteiger partial charge on any atom is -0.323 e. The van der Waals surface area contributed by atoms with Crippen LogP contribution < -0.4 is 0 Å². The maximum absolute atomic E-state index is 13.8. The van der Waals surface area contributed by atoms with Gasteiger partial charge in [0.25, 0.3) is 0 Å². The first-order valence-electron chi connectivity index (χ1n) is 7.82. The van der Waals surface area contributed by atoms with Crippen molar-refractivity contribution in [3.63, 3.8) is 0 Å². The van der Waals surface area contributed by atoms with Crippen LogP contribution in [-0.4, -0.2) is 22.8 Å².